The van der Waals surface area contributed by atoms with E-state index in [1.165, 1.54) is 51.4 Å². The summed E-state index contributed by atoms with van der Waals surface area (Å²) < 4.78 is 12.7. The lowest BCUT2D eigenvalue weighted by atomic mass is 9.44. The average Bonchev–Trinajstić information content (AvgIpc) is 3.38. The summed E-state index contributed by atoms with van der Waals surface area (Å²) in [5, 5.41) is 0. The van der Waals surface area contributed by atoms with Gasteiger partial charge in [0.05, 0.1) is 6.10 Å². The number of carbonyl (C=O) groups is 2. The number of amides is 2. The first-order valence-corrected chi connectivity index (χ1v) is 19.1. The van der Waals surface area contributed by atoms with E-state index in [4.69, 9.17) is 9.47 Å². The Morgan fingerprint density at radius 2 is 1.54 bits per heavy atom. The Morgan fingerprint density at radius 1 is 0.804 bits per heavy atom. The summed E-state index contributed by atoms with van der Waals surface area (Å²) in [7, 11) is 0. The van der Waals surface area contributed by atoms with Crippen molar-refractivity contribution in [3.63, 3.8) is 0 Å². The van der Waals surface area contributed by atoms with Crippen molar-refractivity contribution >= 4 is 12.0 Å². The molecule has 9 unspecified atom stereocenters. The van der Waals surface area contributed by atoms with Gasteiger partial charge in [-0.3, -0.25) is 4.79 Å². The van der Waals surface area contributed by atoms with Crippen LogP contribution in [-0.2, 0) is 9.47 Å². The average molecular weight is 631 g/mol. The Bertz CT molecular complexity index is 1300. The molecule has 0 bridgehead atoms. The van der Waals surface area contributed by atoms with Crippen LogP contribution < -0.4 is 0 Å². The third-order valence-electron chi connectivity index (χ3n) is 15.5. The van der Waals surface area contributed by atoms with E-state index in [0.717, 1.165) is 60.9 Å². The first-order valence-electron chi connectivity index (χ1n) is 19.1. The van der Waals surface area contributed by atoms with Crippen molar-refractivity contribution in [1.29, 1.82) is 0 Å². The van der Waals surface area contributed by atoms with Crippen LogP contribution in [-0.4, -0.2) is 66.8 Å². The maximum atomic E-state index is 13.3. The zero-order chi connectivity index (χ0) is 31.8. The van der Waals surface area contributed by atoms with Crippen LogP contribution in [0.15, 0.2) is 30.3 Å². The summed E-state index contributed by atoms with van der Waals surface area (Å²) in [6, 6.07) is 9.45. The van der Waals surface area contributed by atoms with Crippen molar-refractivity contribution in [1.82, 2.24) is 9.80 Å². The molecular weight excluding hydrogens is 572 g/mol. The Labute approximate surface area is 277 Å². The number of carbonyl (C=O) groups excluding carboxylic acids is 2. The van der Waals surface area contributed by atoms with Gasteiger partial charge in [0.15, 0.2) is 0 Å². The highest BCUT2D eigenvalue weighted by molar-refractivity contribution is 5.94. The van der Waals surface area contributed by atoms with Crippen LogP contribution >= 0.6 is 0 Å². The molecule has 2 aliphatic heterocycles. The van der Waals surface area contributed by atoms with Gasteiger partial charge >= 0.3 is 6.09 Å². The van der Waals surface area contributed by atoms with Crippen molar-refractivity contribution in [3.8, 4) is 0 Å². The smallest absolute Gasteiger partial charge is 0.410 e. The number of hydrogen-bond acceptors (Lipinski definition) is 4. The Balaban J connectivity index is 0.881. The normalized spacial score (nSPS) is 46.7. The van der Waals surface area contributed by atoms with Crippen LogP contribution in [0.2, 0.25) is 0 Å². The van der Waals surface area contributed by atoms with E-state index in [0.29, 0.717) is 60.5 Å². The molecule has 2 saturated heterocycles. The van der Waals surface area contributed by atoms with Crippen LogP contribution in [0, 0.1) is 64.1 Å². The van der Waals surface area contributed by atoms with Gasteiger partial charge in [0.25, 0.3) is 5.91 Å². The van der Waals surface area contributed by atoms with Gasteiger partial charge in [-0.2, -0.15) is 0 Å². The standard InChI is InChI=1S/C40H58N2O4/c1-25-20-32-26(2)36-28(22-35(32)45-24-25)21-34-31-11-10-29-23-30(12-14-39(29,3)33(31)13-15-40(34,36)4)46-38(44)42-18-16-41(17-19-42)37(43)27-8-6-5-7-9-27/h5-9,25-26,28-36H,10-24H2,1-4H3/t25-,26+,28?,29?,30?,31?,32?,33?,34?,35?,36?,39-,40-/m0/s1. The van der Waals surface area contributed by atoms with Gasteiger partial charge in [-0.05, 0) is 140 Å². The number of benzene rings is 1. The Hall–Kier alpha value is -2.08. The predicted octanol–water partition coefficient (Wildman–Crippen LogP) is 7.92. The molecule has 0 N–H and O–H groups in total. The van der Waals surface area contributed by atoms with E-state index in [1.54, 1.807) is 0 Å². The van der Waals surface area contributed by atoms with E-state index >= 15 is 0 Å². The molecule has 2 amide bonds. The Kier molecular flexibility index (Phi) is 8.01. The van der Waals surface area contributed by atoms with Gasteiger partial charge in [0, 0.05) is 38.3 Å². The number of fused-ring (bicyclic) bond motifs is 8. The molecule has 6 heteroatoms. The first-order chi connectivity index (χ1) is 22.2. The monoisotopic (exact) mass is 630 g/mol. The summed E-state index contributed by atoms with van der Waals surface area (Å²) in [5.41, 5.74) is 1.59. The third kappa shape index (κ3) is 5.05. The lowest BCUT2D eigenvalue weighted by Crippen LogP contribution is -2.55. The van der Waals surface area contributed by atoms with Crippen LogP contribution in [0.25, 0.3) is 0 Å². The number of ether oxygens (including phenoxy) is 2. The molecule has 0 spiro atoms. The molecule has 0 aromatic heterocycles. The van der Waals surface area contributed by atoms with Gasteiger partial charge in [0.1, 0.15) is 6.10 Å². The number of rotatable bonds is 2. The third-order valence-corrected chi connectivity index (χ3v) is 15.5. The molecule has 5 aliphatic carbocycles. The Morgan fingerprint density at radius 3 is 2.33 bits per heavy atom. The fourth-order valence-electron chi connectivity index (χ4n) is 13.3. The molecule has 6 nitrogen and oxygen atoms in total. The zero-order valence-corrected chi connectivity index (χ0v) is 28.9. The maximum Gasteiger partial charge on any atom is 0.410 e. The van der Waals surface area contributed by atoms with E-state index < -0.39 is 0 Å². The molecular formula is C40H58N2O4. The molecule has 1 aromatic rings. The van der Waals surface area contributed by atoms with Gasteiger partial charge in [-0.1, -0.05) is 45.9 Å². The summed E-state index contributed by atoms with van der Waals surface area (Å²) in [5.74, 6) is 7.29. The molecule has 5 saturated carbocycles. The number of piperazine rings is 1. The highest BCUT2D eigenvalue weighted by Crippen LogP contribution is 2.71. The first kappa shape index (κ1) is 31.2. The number of hydrogen-bond donors (Lipinski definition) is 0. The second-order valence-electron chi connectivity index (χ2n) is 17.6. The molecule has 1 aromatic carbocycles. The minimum absolute atomic E-state index is 0.0286. The zero-order valence-electron chi connectivity index (χ0n) is 28.9. The highest BCUT2D eigenvalue weighted by Gasteiger charge is 2.65. The van der Waals surface area contributed by atoms with E-state index in [-0.39, 0.29) is 18.1 Å². The van der Waals surface area contributed by atoms with Crippen LogP contribution in [0.1, 0.15) is 102 Å². The topological polar surface area (TPSA) is 59.1 Å². The molecule has 7 fully saturated rings. The molecule has 46 heavy (non-hydrogen) atoms. The lowest BCUT2D eigenvalue weighted by molar-refractivity contribution is -0.149. The highest BCUT2D eigenvalue weighted by atomic mass is 16.6. The van der Waals surface area contributed by atoms with E-state index in [1.807, 2.05) is 40.1 Å². The fraction of sp³-hybridized carbons (Fsp3) is 0.800. The van der Waals surface area contributed by atoms with Crippen LogP contribution in [0.4, 0.5) is 4.79 Å². The largest absolute Gasteiger partial charge is 0.446 e. The minimum Gasteiger partial charge on any atom is -0.446 e. The van der Waals surface area contributed by atoms with E-state index in [2.05, 4.69) is 27.7 Å². The quantitative estimate of drug-likeness (QED) is 0.333. The maximum absolute atomic E-state index is 13.3. The van der Waals surface area contributed by atoms with Crippen LogP contribution in [0.5, 0.6) is 0 Å². The minimum atomic E-state index is -0.177. The van der Waals surface area contributed by atoms with E-state index in [9.17, 15) is 9.59 Å². The molecule has 13 atom stereocenters. The SMILES string of the molecule is C[C@@H]1COC2CC3CC4C5CCC6CC(OC(=O)N7CCN(C(=O)c8ccccc8)CC7)CC[C@]6(C)C5CC[C@]4(C)C3[C@H](C)C2C1. The van der Waals surface area contributed by atoms with Crippen molar-refractivity contribution in [3.05, 3.63) is 35.9 Å². The van der Waals surface area contributed by atoms with Crippen LogP contribution in [0.3, 0.4) is 0 Å². The van der Waals surface area contributed by atoms with Crippen molar-refractivity contribution in [2.45, 2.75) is 104 Å². The van der Waals surface area contributed by atoms with Crippen molar-refractivity contribution in [2.75, 3.05) is 32.8 Å². The predicted molar refractivity (Wildman–Crippen MR) is 179 cm³/mol. The second kappa shape index (κ2) is 11.8. The molecule has 252 valence electrons. The molecule has 8 rings (SSSR count). The summed E-state index contributed by atoms with van der Waals surface area (Å²) in [6.07, 6.45) is 13.2. The molecule has 0 radical (unpaired) electrons. The summed E-state index contributed by atoms with van der Waals surface area (Å²) >= 11 is 0. The molecule has 7 aliphatic rings. The summed E-state index contributed by atoms with van der Waals surface area (Å²) in [4.78, 5) is 29.8. The van der Waals surface area contributed by atoms with Crippen molar-refractivity contribution in [2.24, 2.45) is 64.1 Å². The van der Waals surface area contributed by atoms with Gasteiger partial charge in [-0.25, -0.2) is 4.79 Å². The van der Waals surface area contributed by atoms with Gasteiger partial charge in [0.2, 0.25) is 0 Å². The molecule has 2 heterocycles. The lowest BCUT2D eigenvalue weighted by Gasteiger charge is -2.61. The van der Waals surface area contributed by atoms with Gasteiger partial charge in [-0.15, -0.1) is 0 Å². The van der Waals surface area contributed by atoms with Gasteiger partial charge < -0.3 is 19.3 Å². The van der Waals surface area contributed by atoms with Crippen molar-refractivity contribution < 1.29 is 19.1 Å². The number of nitrogens with zero attached hydrogens (tertiary/aromatic N) is 2. The second-order valence-corrected chi connectivity index (χ2v) is 17.6. The fourth-order valence-corrected chi connectivity index (χ4v) is 13.3. The summed E-state index contributed by atoms with van der Waals surface area (Å²) in [6.45, 7) is 13.5.